The lowest BCUT2D eigenvalue weighted by atomic mass is 10.0. The molecule has 1 aromatic heterocycles. The largest absolute Gasteiger partial charge is 0.332 e. The summed E-state index contributed by atoms with van der Waals surface area (Å²) in [6, 6.07) is 11.8. The quantitative estimate of drug-likeness (QED) is 0.638. The lowest BCUT2D eigenvalue weighted by molar-refractivity contribution is 0.867. The van der Waals surface area contributed by atoms with Gasteiger partial charge in [-0.25, -0.2) is 4.98 Å². The van der Waals surface area contributed by atoms with Gasteiger partial charge in [-0.2, -0.15) is 0 Å². The van der Waals surface area contributed by atoms with Crippen LogP contribution < -0.4 is 10.6 Å². The Kier molecular flexibility index (Phi) is 4.93. The summed E-state index contributed by atoms with van der Waals surface area (Å²) < 4.78 is 0. The van der Waals surface area contributed by atoms with Gasteiger partial charge >= 0.3 is 0 Å². The zero-order chi connectivity index (χ0) is 14.5. The van der Waals surface area contributed by atoms with Crippen LogP contribution in [-0.4, -0.2) is 10.1 Å². The normalized spacial score (nSPS) is 10.4. The van der Waals surface area contributed by atoms with Gasteiger partial charge in [0.05, 0.1) is 5.69 Å². The molecule has 0 unspecified atom stereocenters. The van der Waals surface area contributed by atoms with Crippen molar-refractivity contribution in [2.24, 2.45) is 0 Å². The molecule has 20 heavy (non-hydrogen) atoms. The highest BCUT2D eigenvalue weighted by atomic mass is 35.5. The molecule has 1 heterocycles. The zero-order valence-electron chi connectivity index (χ0n) is 11.4. The molecular weight excluding hydrogens is 290 g/mol. The van der Waals surface area contributed by atoms with Gasteiger partial charge in [0.1, 0.15) is 0 Å². The summed E-state index contributed by atoms with van der Waals surface area (Å²) in [4.78, 5) is 3.99. The maximum absolute atomic E-state index is 5.97. The lowest BCUT2D eigenvalue weighted by Gasteiger charge is -2.12. The fraction of sp³-hybridized carbons (Fsp3) is 0.200. The summed E-state index contributed by atoms with van der Waals surface area (Å²) in [6.07, 6.45) is 1.63. The Hall–Kier alpha value is -1.65. The van der Waals surface area contributed by atoms with Gasteiger partial charge in [0.2, 0.25) is 0 Å². The minimum atomic E-state index is 0.395. The maximum Gasteiger partial charge on any atom is 0.175 e. The van der Waals surface area contributed by atoms with Crippen LogP contribution in [0.4, 0.5) is 11.4 Å². The first-order valence-electron chi connectivity index (χ1n) is 6.34. The van der Waals surface area contributed by atoms with Crippen LogP contribution in [0, 0.1) is 0 Å². The SMILES string of the molecule is CC(C)c1ccc(NC(=S)Nc2cccnc2Cl)cc1. The number of hydrogen-bond donors (Lipinski definition) is 2. The number of rotatable bonds is 3. The summed E-state index contributed by atoms with van der Waals surface area (Å²) in [5, 5.41) is 7.02. The van der Waals surface area contributed by atoms with Crippen molar-refractivity contribution in [1.29, 1.82) is 0 Å². The molecule has 0 radical (unpaired) electrons. The van der Waals surface area contributed by atoms with E-state index in [4.69, 9.17) is 23.8 Å². The van der Waals surface area contributed by atoms with Crippen LogP contribution in [0.1, 0.15) is 25.3 Å². The average molecular weight is 306 g/mol. The highest BCUT2D eigenvalue weighted by molar-refractivity contribution is 7.80. The van der Waals surface area contributed by atoms with E-state index in [-0.39, 0.29) is 0 Å². The van der Waals surface area contributed by atoms with E-state index in [1.807, 2.05) is 18.2 Å². The minimum Gasteiger partial charge on any atom is -0.332 e. The van der Waals surface area contributed by atoms with Crippen molar-refractivity contribution in [3.63, 3.8) is 0 Å². The second-order valence-corrected chi connectivity index (χ2v) is 5.46. The second kappa shape index (κ2) is 6.68. The fourth-order valence-corrected chi connectivity index (χ4v) is 2.11. The van der Waals surface area contributed by atoms with Crippen molar-refractivity contribution in [1.82, 2.24) is 4.98 Å². The van der Waals surface area contributed by atoms with Crippen LogP contribution >= 0.6 is 23.8 Å². The number of aromatic nitrogens is 1. The van der Waals surface area contributed by atoms with Crippen LogP contribution in [-0.2, 0) is 0 Å². The number of pyridine rings is 1. The van der Waals surface area contributed by atoms with Crippen LogP contribution in [0.25, 0.3) is 0 Å². The van der Waals surface area contributed by atoms with Crippen molar-refractivity contribution in [3.8, 4) is 0 Å². The van der Waals surface area contributed by atoms with E-state index in [1.54, 1.807) is 12.3 Å². The smallest absolute Gasteiger partial charge is 0.175 e. The van der Waals surface area contributed by atoms with Gasteiger partial charge < -0.3 is 10.6 Å². The molecule has 2 rings (SSSR count). The topological polar surface area (TPSA) is 37.0 Å². The van der Waals surface area contributed by atoms with Crippen molar-refractivity contribution in [2.45, 2.75) is 19.8 Å². The van der Waals surface area contributed by atoms with Gasteiger partial charge in [0, 0.05) is 11.9 Å². The van der Waals surface area contributed by atoms with Gasteiger partial charge in [-0.05, 0) is 48.0 Å². The van der Waals surface area contributed by atoms with E-state index >= 15 is 0 Å². The van der Waals surface area contributed by atoms with Gasteiger partial charge in [0.15, 0.2) is 10.3 Å². The Morgan fingerprint density at radius 1 is 1.15 bits per heavy atom. The molecule has 0 bridgehead atoms. The monoisotopic (exact) mass is 305 g/mol. The van der Waals surface area contributed by atoms with Gasteiger partial charge in [-0.1, -0.05) is 37.6 Å². The zero-order valence-corrected chi connectivity index (χ0v) is 12.9. The average Bonchev–Trinajstić information content (AvgIpc) is 2.42. The molecule has 0 atom stereocenters. The van der Waals surface area contributed by atoms with E-state index in [0.717, 1.165) is 5.69 Å². The van der Waals surface area contributed by atoms with Crippen molar-refractivity contribution >= 4 is 40.3 Å². The molecule has 0 amide bonds. The van der Waals surface area contributed by atoms with E-state index in [9.17, 15) is 0 Å². The Morgan fingerprint density at radius 3 is 2.45 bits per heavy atom. The number of nitrogens with one attached hydrogen (secondary N) is 2. The Morgan fingerprint density at radius 2 is 1.85 bits per heavy atom. The summed E-state index contributed by atoms with van der Waals surface area (Å²) in [5.74, 6) is 0.517. The third-order valence-corrected chi connectivity index (χ3v) is 3.35. The van der Waals surface area contributed by atoms with Gasteiger partial charge in [-0.15, -0.1) is 0 Å². The number of anilines is 2. The predicted molar refractivity (Wildman–Crippen MR) is 89.6 cm³/mol. The molecule has 2 N–H and O–H groups in total. The molecule has 3 nitrogen and oxygen atoms in total. The maximum atomic E-state index is 5.97. The Labute approximate surface area is 129 Å². The first-order valence-corrected chi connectivity index (χ1v) is 7.13. The molecule has 5 heteroatoms. The summed E-state index contributed by atoms with van der Waals surface area (Å²) in [5.41, 5.74) is 2.92. The molecule has 0 aliphatic rings. The highest BCUT2D eigenvalue weighted by Gasteiger charge is 2.04. The number of thiocarbonyl (C=S) groups is 1. The fourth-order valence-electron chi connectivity index (χ4n) is 1.72. The van der Waals surface area contributed by atoms with Gasteiger partial charge in [-0.3, -0.25) is 0 Å². The van der Waals surface area contributed by atoms with Crippen LogP contribution in [0.2, 0.25) is 5.15 Å². The molecule has 0 spiro atoms. The van der Waals surface area contributed by atoms with Crippen molar-refractivity contribution < 1.29 is 0 Å². The number of nitrogens with zero attached hydrogens (tertiary/aromatic N) is 1. The first-order chi connectivity index (χ1) is 9.56. The summed E-state index contributed by atoms with van der Waals surface area (Å²) in [7, 11) is 0. The molecule has 1 aromatic carbocycles. The standard InChI is InChI=1S/C15H16ClN3S/c1-10(2)11-5-7-12(8-6-11)18-15(20)19-13-4-3-9-17-14(13)16/h3-10H,1-2H3,(H2,18,19,20). The molecule has 0 saturated carbocycles. The second-order valence-electron chi connectivity index (χ2n) is 4.70. The molecule has 104 valence electrons. The first kappa shape index (κ1) is 14.8. The van der Waals surface area contributed by atoms with Crippen LogP contribution in [0.15, 0.2) is 42.6 Å². The molecule has 2 aromatic rings. The predicted octanol–water partition coefficient (Wildman–Crippen LogP) is 4.67. The number of benzene rings is 1. The van der Waals surface area contributed by atoms with Crippen molar-refractivity contribution in [2.75, 3.05) is 10.6 Å². The number of hydrogen-bond acceptors (Lipinski definition) is 2. The van der Waals surface area contributed by atoms with Crippen LogP contribution in [0.3, 0.4) is 0 Å². The lowest BCUT2D eigenvalue weighted by Crippen LogP contribution is -2.19. The Balaban J connectivity index is 1.99. The number of halogens is 1. The van der Waals surface area contributed by atoms with E-state index in [1.165, 1.54) is 5.56 Å². The van der Waals surface area contributed by atoms with Gasteiger partial charge in [0.25, 0.3) is 0 Å². The van der Waals surface area contributed by atoms with Crippen LogP contribution in [0.5, 0.6) is 0 Å². The molecule has 0 fully saturated rings. The molecule has 0 aliphatic carbocycles. The van der Waals surface area contributed by atoms with E-state index in [0.29, 0.717) is 21.9 Å². The van der Waals surface area contributed by atoms with E-state index < -0.39 is 0 Å². The minimum absolute atomic E-state index is 0.395. The third kappa shape index (κ3) is 3.92. The van der Waals surface area contributed by atoms with Crippen molar-refractivity contribution in [3.05, 3.63) is 53.3 Å². The third-order valence-electron chi connectivity index (χ3n) is 2.84. The summed E-state index contributed by atoms with van der Waals surface area (Å²) in [6.45, 7) is 4.33. The molecule has 0 aliphatic heterocycles. The molecular formula is C15H16ClN3S. The van der Waals surface area contributed by atoms with E-state index in [2.05, 4.69) is 41.6 Å². The molecule has 0 saturated heterocycles. The highest BCUT2D eigenvalue weighted by Crippen LogP contribution is 2.19. The Bertz CT molecular complexity index is 596. The summed E-state index contributed by atoms with van der Waals surface area (Å²) >= 11 is 11.2.